The van der Waals surface area contributed by atoms with Crippen molar-refractivity contribution in [3.8, 4) is 5.75 Å². The minimum absolute atomic E-state index is 0.0250. The Balaban J connectivity index is 2.12. The van der Waals surface area contributed by atoms with Gasteiger partial charge in [0.1, 0.15) is 11.9 Å². The highest BCUT2D eigenvalue weighted by Crippen LogP contribution is 2.27. The first-order valence-electron chi connectivity index (χ1n) is 7.64. The van der Waals surface area contributed by atoms with Crippen molar-refractivity contribution in [1.82, 2.24) is 4.90 Å². The molecular formula is C17H24N2O3. The maximum absolute atomic E-state index is 12.1. The lowest BCUT2D eigenvalue weighted by Gasteiger charge is -2.21. The number of allylic oxidation sites excluding steroid dienone is 1. The van der Waals surface area contributed by atoms with Crippen LogP contribution in [-0.2, 0) is 4.74 Å². The molecule has 1 aromatic rings. The number of hydrogen-bond donors (Lipinski definition) is 1. The predicted octanol–water partition coefficient (Wildman–Crippen LogP) is 2.89. The monoisotopic (exact) mass is 304 g/mol. The first kappa shape index (κ1) is 16.2. The molecule has 1 atom stereocenters. The molecule has 120 valence electrons. The zero-order valence-corrected chi connectivity index (χ0v) is 13.5. The number of nitrogens with one attached hydrogen (secondary N) is 1. The minimum atomic E-state index is -0.0250. The SMILES string of the molecule is CCOc1ccc(C(=O)N(C)C)cc1NC[C@H]1CCC=CO1. The van der Waals surface area contributed by atoms with E-state index in [1.807, 2.05) is 25.1 Å². The largest absolute Gasteiger partial charge is 0.497 e. The lowest BCUT2D eigenvalue weighted by molar-refractivity contribution is 0.0827. The molecule has 5 nitrogen and oxygen atoms in total. The van der Waals surface area contributed by atoms with Crippen molar-refractivity contribution in [3.05, 3.63) is 36.1 Å². The van der Waals surface area contributed by atoms with E-state index in [1.54, 1.807) is 31.3 Å². The molecule has 0 fully saturated rings. The summed E-state index contributed by atoms with van der Waals surface area (Å²) >= 11 is 0. The van der Waals surface area contributed by atoms with E-state index < -0.39 is 0 Å². The van der Waals surface area contributed by atoms with Crippen molar-refractivity contribution in [1.29, 1.82) is 0 Å². The molecule has 1 aromatic carbocycles. The molecule has 1 heterocycles. The Labute approximate surface area is 131 Å². The molecule has 1 aliphatic rings. The summed E-state index contributed by atoms with van der Waals surface area (Å²) in [6.07, 6.45) is 5.95. The van der Waals surface area contributed by atoms with Gasteiger partial charge in [0.15, 0.2) is 0 Å². The van der Waals surface area contributed by atoms with Crippen LogP contribution in [-0.4, -0.2) is 44.2 Å². The van der Waals surface area contributed by atoms with Crippen LogP contribution in [0.5, 0.6) is 5.75 Å². The van der Waals surface area contributed by atoms with Crippen LogP contribution in [0.4, 0.5) is 5.69 Å². The van der Waals surface area contributed by atoms with Gasteiger partial charge in [0, 0.05) is 19.7 Å². The average molecular weight is 304 g/mol. The predicted molar refractivity (Wildman–Crippen MR) is 87.4 cm³/mol. The second-order valence-corrected chi connectivity index (χ2v) is 5.43. The molecule has 1 N–H and O–H groups in total. The van der Waals surface area contributed by atoms with Gasteiger partial charge in [-0.1, -0.05) is 0 Å². The third kappa shape index (κ3) is 4.16. The topological polar surface area (TPSA) is 50.8 Å². The van der Waals surface area contributed by atoms with Gasteiger partial charge in [0.05, 0.1) is 25.1 Å². The van der Waals surface area contributed by atoms with Crippen LogP contribution in [0.1, 0.15) is 30.1 Å². The fraction of sp³-hybridized carbons (Fsp3) is 0.471. The van der Waals surface area contributed by atoms with E-state index in [0.717, 1.165) is 24.3 Å². The molecule has 1 aliphatic heterocycles. The van der Waals surface area contributed by atoms with E-state index in [-0.39, 0.29) is 12.0 Å². The summed E-state index contributed by atoms with van der Waals surface area (Å²) in [5.74, 6) is 0.729. The Bertz CT molecular complexity index is 541. The molecule has 1 amide bonds. The van der Waals surface area contributed by atoms with E-state index >= 15 is 0 Å². The molecular weight excluding hydrogens is 280 g/mol. The van der Waals surface area contributed by atoms with Crippen LogP contribution in [0, 0.1) is 0 Å². The summed E-state index contributed by atoms with van der Waals surface area (Å²) < 4.78 is 11.2. The van der Waals surface area contributed by atoms with Crippen molar-refractivity contribution < 1.29 is 14.3 Å². The number of benzene rings is 1. The lowest BCUT2D eigenvalue weighted by atomic mass is 10.1. The highest BCUT2D eigenvalue weighted by molar-refractivity contribution is 5.95. The van der Waals surface area contributed by atoms with Crippen molar-refractivity contribution in [2.24, 2.45) is 0 Å². The van der Waals surface area contributed by atoms with Gasteiger partial charge in [-0.3, -0.25) is 4.79 Å². The Hall–Kier alpha value is -2.17. The van der Waals surface area contributed by atoms with Gasteiger partial charge >= 0.3 is 0 Å². The summed E-state index contributed by atoms with van der Waals surface area (Å²) in [5.41, 5.74) is 1.47. The number of carbonyl (C=O) groups is 1. The van der Waals surface area contributed by atoms with Crippen LogP contribution >= 0.6 is 0 Å². The van der Waals surface area contributed by atoms with Crippen molar-refractivity contribution >= 4 is 11.6 Å². The molecule has 0 unspecified atom stereocenters. The van der Waals surface area contributed by atoms with Gasteiger partial charge < -0.3 is 19.7 Å². The van der Waals surface area contributed by atoms with Gasteiger partial charge in [0.2, 0.25) is 0 Å². The number of nitrogens with zero attached hydrogens (tertiary/aromatic N) is 1. The smallest absolute Gasteiger partial charge is 0.253 e. The van der Waals surface area contributed by atoms with Gasteiger partial charge in [-0.2, -0.15) is 0 Å². The van der Waals surface area contributed by atoms with Crippen LogP contribution in [0.15, 0.2) is 30.5 Å². The maximum Gasteiger partial charge on any atom is 0.253 e. The molecule has 5 heteroatoms. The van der Waals surface area contributed by atoms with Crippen LogP contribution in [0.2, 0.25) is 0 Å². The number of carbonyl (C=O) groups excluding carboxylic acids is 1. The Morgan fingerprint density at radius 1 is 1.45 bits per heavy atom. The second-order valence-electron chi connectivity index (χ2n) is 5.43. The molecule has 0 bridgehead atoms. The van der Waals surface area contributed by atoms with Gasteiger partial charge in [0.25, 0.3) is 5.91 Å². The van der Waals surface area contributed by atoms with E-state index in [9.17, 15) is 4.79 Å². The zero-order chi connectivity index (χ0) is 15.9. The first-order chi connectivity index (χ1) is 10.6. The third-order valence-electron chi connectivity index (χ3n) is 3.48. The molecule has 2 rings (SSSR count). The maximum atomic E-state index is 12.1. The van der Waals surface area contributed by atoms with Crippen molar-refractivity contribution in [3.63, 3.8) is 0 Å². The standard InChI is InChI=1S/C17H24N2O3/c1-4-21-16-9-8-13(17(20)19(2)3)11-15(16)18-12-14-7-5-6-10-22-14/h6,8-11,14,18H,4-5,7,12H2,1-3H3/t14-/m1/s1. The molecule has 0 radical (unpaired) electrons. The van der Waals surface area contributed by atoms with Gasteiger partial charge in [-0.25, -0.2) is 0 Å². The number of rotatable bonds is 6. The van der Waals surface area contributed by atoms with Crippen molar-refractivity contribution in [2.75, 3.05) is 32.6 Å². The molecule has 0 aliphatic carbocycles. The molecule has 0 aromatic heterocycles. The minimum Gasteiger partial charge on any atom is -0.497 e. The van der Waals surface area contributed by atoms with Crippen LogP contribution < -0.4 is 10.1 Å². The normalized spacial score (nSPS) is 16.8. The zero-order valence-electron chi connectivity index (χ0n) is 13.5. The molecule has 22 heavy (non-hydrogen) atoms. The number of ether oxygens (including phenoxy) is 2. The Morgan fingerprint density at radius 3 is 2.91 bits per heavy atom. The summed E-state index contributed by atoms with van der Waals surface area (Å²) in [5, 5.41) is 3.35. The lowest BCUT2D eigenvalue weighted by Crippen LogP contribution is -2.24. The van der Waals surface area contributed by atoms with E-state index in [2.05, 4.69) is 5.32 Å². The Morgan fingerprint density at radius 2 is 2.27 bits per heavy atom. The fourth-order valence-corrected chi connectivity index (χ4v) is 2.30. The van der Waals surface area contributed by atoms with Crippen LogP contribution in [0.3, 0.4) is 0 Å². The molecule has 0 saturated heterocycles. The Kier molecular flexibility index (Phi) is 5.69. The van der Waals surface area contributed by atoms with Crippen molar-refractivity contribution in [2.45, 2.75) is 25.9 Å². The first-order valence-corrected chi connectivity index (χ1v) is 7.64. The van der Waals surface area contributed by atoms with Gasteiger partial charge in [-0.05, 0) is 44.0 Å². The molecule has 0 spiro atoms. The van der Waals surface area contributed by atoms with E-state index in [0.29, 0.717) is 18.7 Å². The van der Waals surface area contributed by atoms with Crippen LogP contribution in [0.25, 0.3) is 0 Å². The highest BCUT2D eigenvalue weighted by atomic mass is 16.5. The number of anilines is 1. The quantitative estimate of drug-likeness (QED) is 0.878. The van der Waals surface area contributed by atoms with E-state index in [1.165, 1.54) is 0 Å². The second kappa shape index (κ2) is 7.73. The average Bonchev–Trinajstić information content (AvgIpc) is 2.54. The summed E-state index contributed by atoms with van der Waals surface area (Å²) in [7, 11) is 3.49. The highest BCUT2D eigenvalue weighted by Gasteiger charge is 2.15. The fourth-order valence-electron chi connectivity index (χ4n) is 2.30. The summed E-state index contributed by atoms with van der Waals surface area (Å²) in [6, 6.07) is 5.47. The summed E-state index contributed by atoms with van der Waals surface area (Å²) in [6.45, 7) is 3.21. The number of amides is 1. The molecule has 0 saturated carbocycles. The third-order valence-corrected chi connectivity index (χ3v) is 3.48. The summed E-state index contributed by atoms with van der Waals surface area (Å²) in [4.78, 5) is 13.7. The number of hydrogen-bond acceptors (Lipinski definition) is 4. The van der Waals surface area contributed by atoms with E-state index in [4.69, 9.17) is 9.47 Å². The van der Waals surface area contributed by atoms with Gasteiger partial charge in [-0.15, -0.1) is 0 Å².